The van der Waals surface area contributed by atoms with E-state index in [0.717, 1.165) is 19.4 Å². The molecule has 0 aliphatic heterocycles. The molecule has 0 bridgehead atoms. The van der Waals surface area contributed by atoms with E-state index in [9.17, 15) is 4.79 Å². The minimum atomic E-state index is -0.650. The van der Waals surface area contributed by atoms with Crippen molar-refractivity contribution >= 4 is 35.1 Å². The van der Waals surface area contributed by atoms with Crippen LogP contribution in [-0.4, -0.2) is 21.9 Å². The van der Waals surface area contributed by atoms with Gasteiger partial charge in [-0.25, -0.2) is 0 Å². The number of hydrogen-bond donors (Lipinski definition) is 3. The predicted molar refractivity (Wildman–Crippen MR) is 194 cm³/mol. The van der Waals surface area contributed by atoms with Gasteiger partial charge >= 0.3 is 5.97 Å². The maximum atomic E-state index is 10.5. The molecule has 0 amide bonds. The van der Waals surface area contributed by atoms with Crippen LogP contribution >= 0.6 is 24.8 Å². The van der Waals surface area contributed by atoms with Crippen LogP contribution in [0.5, 0.6) is 0 Å². The van der Waals surface area contributed by atoms with E-state index in [0.29, 0.717) is 10.7 Å². The van der Waals surface area contributed by atoms with Gasteiger partial charge in [-0.3, -0.25) is 4.79 Å². The van der Waals surface area contributed by atoms with Gasteiger partial charge in [0.05, 0.1) is 0 Å². The van der Waals surface area contributed by atoms with Gasteiger partial charge in [-0.1, -0.05) is 211 Å². The first-order valence-corrected chi connectivity index (χ1v) is 19.7. The summed E-state index contributed by atoms with van der Waals surface area (Å²) in [6.07, 6.45) is 46.1. The van der Waals surface area contributed by atoms with Crippen molar-refractivity contribution in [3.05, 3.63) is 0 Å². The van der Waals surface area contributed by atoms with Crippen molar-refractivity contribution in [2.75, 3.05) is 6.54 Å². The zero-order valence-electron chi connectivity index (χ0n) is 28.0. The highest BCUT2D eigenvalue weighted by Gasteiger charge is 1.99. The second kappa shape index (κ2) is 36.9. The summed E-state index contributed by atoms with van der Waals surface area (Å²) in [6.45, 7) is 0.981. The van der Waals surface area contributed by atoms with Gasteiger partial charge in [-0.05, 0) is 12.8 Å². The standard InChI is InChI=1S/C37H73NO2S2/c39-36(40)34-32-30-28-26-24-22-20-18-16-14-12-10-8-6-4-2-1-3-5-7-9-11-13-15-17-19-21-23-25-27-29-31-33-35-38-37(41)42/h1-35H2,(H,39,40)(H2,38,41,42). The van der Waals surface area contributed by atoms with Crippen LogP contribution < -0.4 is 5.32 Å². The van der Waals surface area contributed by atoms with E-state index >= 15 is 0 Å². The van der Waals surface area contributed by atoms with Crippen molar-refractivity contribution in [2.45, 2.75) is 218 Å². The Balaban J connectivity index is 3.04. The van der Waals surface area contributed by atoms with Crippen LogP contribution in [0, 0.1) is 0 Å². The molecule has 0 aliphatic rings. The lowest BCUT2D eigenvalue weighted by molar-refractivity contribution is -0.137. The number of thiocarbonyl (C=S) groups is 1. The van der Waals surface area contributed by atoms with E-state index in [1.54, 1.807) is 0 Å². The fourth-order valence-electron chi connectivity index (χ4n) is 6.08. The van der Waals surface area contributed by atoms with E-state index < -0.39 is 5.97 Å². The van der Waals surface area contributed by atoms with Crippen molar-refractivity contribution in [1.82, 2.24) is 5.32 Å². The Morgan fingerprint density at radius 1 is 0.405 bits per heavy atom. The Morgan fingerprint density at radius 2 is 0.595 bits per heavy atom. The number of carboxylic acid groups (broad SMARTS) is 1. The lowest BCUT2D eigenvalue weighted by Gasteiger charge is -2.05. The smallest absolute Gasteiger partial charge is 0.303 e. The van der Waals surface area contributed by atoms with Crippen molar-refractivity contribution in [3.63, 3.8) is 0 Å². The molecule has 0 aromatic heterocycles. The minimum Gasteiger partial charge on any atom is -0.481 e. The zero-order valence-corrected chi connectivity index (χ0v) is 29.7. The Morgan fingerprint density at radius 3 is 0.786 bits per heavy atom. The Bertz CT molecular complexity index is 510. The van der Waals surface area contributed by atoms with Gasteiger partial charge in [0, 0.05) is 13.0 Å². The molecule has 0 atom stereocenters. The lowest BCUT2D eigenvalue weighted by atomic mass is 10.0. The highest BCUT2D eigenvalue weighted by molar-refractivity contribution is 8.11. The normalized spacial score (nSPS) is 11.3. The number of thiol groups is 1. The van der Waals surface area contributed by atoms with E-state index in [2.05, 4.69) is 17.9 Å². The molecular weight excluding hydrogens is 555 g/mol. The first-order chi connectivity index (χ1) is 20.6. The average Bonchev–Trinajstić information content (AvgIpc) is 2.96. The van der Waals surface area contributed by atoms with Crippen LogP contribution in [-0.2, 0) is 4.79 Å². The molecule has 250 valence electrons. The average molecular weight is 628 g/mol. The molecule has 0 radical (unpaired) electrons. The molecule has 0 aliphatic carbocycles. The molecule has 5 heteroatoms. The molecule has 0 aromatic carbocycles. The number of aliphatic carboxylic acids is 1. The summed E-state index contributed by atoms with van der Waals surface area (Å²) in [4.78, 5) is 10.5. The van der Waals surface area contributed by atoms with Crippen molar-refractivity contribution in [3.8, 4) is 0 Å². The van der Waals surface area contributed by atoms with Gasteiger partial charge in [-0.2, -0.15) is 0 Å². The highest BCUT2D eigenvalue weighted by atomic mass is 32.1. The molecule has 3 nitrogen and oxygen atoms in total. The van der Waals surface area contributed by atoms with Gasteiger partial charge in [0.15, 0.2) is 0 Å². The molecule has 0 unspecified atom stereocenters. The second-order valence-electron chi connectivity index (χ2n) is 13.0. The quantitative estimate of drug-likeness (QED) is 0.0367. The second-order valence-corrected chi connectivity index (χ2v) is 14.2. The number of rotatable bonds is 36. The van der Waals surface area contributed by atoms with Crippen LogP contribution in [0.15, 0.2) is 0 Å². The lowest BCUT2D eigenvalue weighted by Crippen LogP contribution is -2.17. The molecular formula is C37H73NO2S2. The van der Waals surface area contributed by atoms with Crippen molar-refractivity contribution < 1.29 is 9.90 Å². The predicted octanol–water partition coefficient (Wildman–Crippen LogP) is 13.1. The van der Waals surface area contributed by atoms with Crippen molar-refractivity contribution in [2.24, 2.45) is 0 Å². The summed E-state index contributed by atoms with van der Waals surface area (Å²) in [6, 6.07) is 0. The SMILES string of the molecule is O=C(O)CCCCCCCCCCCCCCCCCCCCCCCCCCCCCCCCCCCNC(=S)S. The fraction of sp³-hybridized carbons (Fsp3) is 0.946. The van der Waals surface area contributed by atoms with Crippen LogP contribution in [0.4, 0.5) is 0 Å². The Kier molecular flexibility index (Phi) is 36.6. The summed E-state index contributed by atoms with van der Waals surface area (Å²) in [5.74, 6) is -0.650. The molecule has 0 saturated carbocycles. The van der Waals surface area contributed by atoms with Gasteiger partial charge in [0.1, 0.15) is 4.32 Å². The Hall–Kier alpha value is -0.290. The third-order valence-corrected chi connectivity index (χ3v) is 9.15. The largest absolute Gasteiger partial charge is 0.481 e. The summed E-state index contributed by atoms with van der Waals surface area (Å²) >= 11 is 8.99. The number of carbonyl (C=O) groups is 1. The summed E-state index contributed by atoms with van der Waals surface area (Å²) in [5.41, 5.74) is 0. The fourth-order valence-corrected chi connectivity index (χ4v) is 6.29. The van der Waals surface area contributed by atoms with E-state index in [-0.39, 0.29) is 0 Å². The summed E-state index contributed by atoms with van der Waals surface area (Å²) in [7, 11) is 0. The number of unbranched alkanes of at least 4 members (excludes halogenated alkanes) is 32. The molecule has 42 heavy (non-hydrogen) atoms. The third-order valence-electron chi connectivity index (χ3n) is 8.84. The molecule has 0 aromatic rings. The molecule has 0 fully saturated rings. The molecule has 2 N–H and O–H groups in total. The van der Waals surface area contributed by atoms with Crippen LogP contribution in [0.25, 0.3) is 0 Å². The first kappa shape index (κ1) is 41.7. The zero-order chi connectivity index (χ0) is 30.6. The molecule has 0 heterocycles. The van der Waals surface area contributed by atoms with Gasteiger partial charge in [0.25, 0.3) is 0 Å². The highest BCUT2D eigenvalue weighted by Crippen LogP contribution is 2.17. The van der Waals surface area contributed by atoms with Crippen LogP contribution in [0.3, 0.4) is 0 Å². The minimum absolute atomic E-state index is 0.344. The molecule has 0 saturated heterocycles. The molecule has 0 rings (SSSR count). The monoisotopic (exact) mass is 628 g/mol. The van der Waals surface area contributed by atoms with Crippen LogP contribution in [0.2, 0.25) is 0 Å². The van der Waals surface area contributed by atoms with Crippen LogP contribution in [0.1, 0.15) is 218 Å². The Labute approximate surface area is 274 Å². The maximum absolute atomic E-state index is 10.5. The summed E-state index contributed by atoms with van der Waals surface area (Å²) in [5, 5.41) is 11.7. The van der Waals surface area contributed by atoms with Gasteiger partial charge < -0.3 is 10.4 Å². The van der Waals surface area contributed by atoms with Gasteiger partial charge in [-0.15, -0.1) is 12.6 Å². The third kappa shape index (κ3) is 39.7. The van der Waals surface area contributed by atoms with Gasteiger partial charge in [0.2, 0.25) is 0 Å². The summed E-state index contributed by atoms with van der Waals surface area (Å²) < 4.78 is 0.624. The van der Waals surface area contributed by atoms with Crippen molar-refractivity contribution in [1.29, 1.82) is 0 Å². The molecule has 0 spiro atoms. The van der Waals surface area contributed by atoms with E-state index in [1.807, 2.05) is 0 Å². The first-order valence-electron chi connectivity index (χ1n) is 18.8. The van der Waals surface area contributed by atoms with E-state index in [4.69, 9.17) is 17.3 Å². The maximum Gasteiger partial charge on any atom is 0.303 e. The topological polar surface area (TPSA) is 49.3 Å². The number of carboxylic acids is 1. The number of nitrogens with one attached hydrogen (secondary N) is 1. The van der Waals surface area contributed by atoms with E-state index in [1.165, 1.54) is 199 Å². The number of hydrogen-bond acceptors (Lipinski definition) is 2.